The van der Waals surface area contributed by atoms with Gasteiger partial charge < -0.3 is 4.74 Å². The van der Waals surface area contributed by atoms with Crippen LogP contribution in [0.5, 0.6) is 5.88 Å². The topological polar surface area (TPSA) is 58.3 Å². The van der Waals surface area contributed by atoms with Crippen molar-refractivity contribution in [3.63, 3.8) is 0 Å². The van der Waals surface area contributed by atoms with Crippen LogP contribution in [0.15, 0.2) is 70.9 Å². The summed E-state index contributed by atoms with van der Waals surface area (Å²) < 4.78 is 5.48. The van der Waals surface area contributed by atoms with Crippen molar-refractivity contribution in [2.24, 2.45) is 10.9 Å². The molecule has 0 fully saturated rings. The first kappa shape index (κ1) is 21.2. The van der Waals surface area contributed by atoms with Crippen molar-refractivity contribution in [3.05, 3.63) is 88.1 Å². The van der Waals surface area contributed by atoms with Gasteiger partial charge in [0, 0.05) is 23.1 Å². The second-order valence-electron chi connectivity index (χ2n) is 9.17. The predicted octanol–water partition coefficient (Wildman–Crippen LogP) is 6.20. The molecule has 4 heteroatoms. The average molecular weight is 434 g/mol. The summed E-state index contributed by atoms with van der Waals surface area (Å²) in [5.74, 6) is 1.06. The van der Waals surface area contributed by atoms with E-state index in [9.17, 15) is 5.26 Å². The van der Waals surface area contributed by atoms with E-state index in [0.717, 1.165) is 45.2 Å². The Morgan fingerprint density at radius 2 is 2.00 bits per heavy atom. The van der Waals surface area contributed by atoms with Crippen LogP contribution in [-0.2, 0) is 18.3 Å². The molecule has 0 bridgehead atoms. The van der Waals surface area contributed by atoms with Crippen LogP contribution in [0.1, 0.15) is 43.0 Å². The van der Waals surface area contributed by atoms with Crippen molar-refractivity contribution < 1.29 is 4.74 Å². The molecule has 2 atom stereocenters. The second-order valence-corrected chi connectivity index (χ2v) is 9.17. The highest BCUT2D eigenvalue weighted by Crippen LogP contribution is 2.44. The molecule has 0 N–H and O–H groups in total. The van der Waals surface area contributed by atoms with Crippen molar-refractivity contribution in [3.8, 4) is 11.9 Å². The highest BCUT2D eigenvalue weighted by Gasteiger charge is 2.33. The number of hydrogen-bond acceptors (Lipinski definition) is 4. The highest BCUT2D eigenvalue weighted by atomic mass is 16.5. The molecular formula is C29H27N3O. The molecule has 1 aliphatic carbocycles. The third kappa shape index (κ3) is 3.74. The lowest BCUT2D eigenvalue weighted by molar-refractivity contribution is 0.395. The molecule has 1 aromatic heterocycles. The van der Waals surface area contributed by atoms with Crippen LogP contribution >= 0.6 is 0 Å². The Morgan fingerprint density at radius 1 is 1.15 bits per heavy atom. The van der Waals surface area contributed by atoms with E-state index < -0.39 is 5.41 Å². The maximum atomic E-state index is 10.2. The fraction of sp³-hybridized carbons (Fsp3) is 0.276. The molecule has 2 unspecified atom stereocenters. The van der Waals surface area contributed by atoms with E-state index in [1.165, 1.54) is 11.3 Å². The molecule has 0 amide bonds. The molecule has 1 aliphatic heterocycles. The maximum Gasteiger partial charge on any atom is 0.216 e. The van der Waals surface area contributed by atoms with Gasteiger partial charge in [0.25, 0.3) is 0 Å². The van der Waals surface area contributed by atoms with E-state index in [2.05, 4.69) is 73.4 Å². The molecule has 4 nitrogen and oxygen atoms in total. The first-order chi connectivity index (χ1) is 16.0. The van der Waals surface area contributed by atoms with E-state index in [4.69, 9.17) is 9.72 Å². The lowest BCUT2D eigenvalue weighted by Crippen LogP contribution is -2.23. The number of hydrogen-bond donors (Lipinski definition) is 0. The number of benzene rings is 2. The SMILES string of the molecule is CCc1cc2ccc(C(C)(C#N)Cc3cccc(C4=CC5C(C)=C5N=C4)c3)cc2nc1OC. The zero-order chi connectivity index (χ0) is 23.2. The number of aliphatic imine (C=N–C) groups is 1. The number of rotatable bonds is 6. The largest absolute Gasteiger partial charge is 0.481 e. The second kappa shape index (κ2) is 8.01. The van der Waals surface area contributed by atoms with E-state index in [1.807, 2.05) is 19.2 Å². The van der Waals surface area contributed by atoms with Gasteiger partial charge >= 0.3 is 0 Å². The third-order valence-electron chi connectivity index (χ3n) is 6.90. The maximum absolute atomic E-state index is 10.2. The summed E-state index contributed by atoms with van der Waals surface area (Å²) in [5, 5.41) is 11.3. The van der Waals surface area contributed by atoms with Crippen LogP contribution < -0.4 is 4.74 Å². The molecule has 3 aromatic rings. The number of fused-ring (bicyclic) bond motifs is 2. The summed E-state index contributed by atoms with van der Waals surface area (Å²) in [5.41, 5.74) is 8.21. The van der Waals surface area contributed by atoms with Gasteiger partial charge in [-0.3, -0.25) is 4.99 Å². The van der Waals surface area contributed by atoms with Gasteiger partial charge in [-0.2, -0.15) is 5.26 Å². The number of allylic oxidation sites excluding steroid dienone is 3. The molecule has 33 heavy (non-hydrogen) atoms. The summed E-state index contributed by atoms with van der Waals surface area (Å²) in [4.78, 5) is 9.30. The lowest BCUT2D eigenvalue weighted by atomic mass is 9.78. The smallest absolute Gasteiger partial charge is 0.216 e. The number of ether oxygens (including phenoxy) is 1. The zero-order valence-corrected chi connectivity index (χ0v) is 19.5. The Bertz CT molecular complexity index is 1410. The quantitative estimate of drug-likeness (QED) is 0.465. The fourth-order valence-electron chi connectivity index (χ4n) is 4.70. The number of methoxy groups -OCH3 is 1. The Hall–Kier alpha value is -3.71. The number of aromatic nitrogens is 1. The van der Waals surface area contributed by atoms with Gasteiger partial charge in [0.15, 0.2) is 0 Å². The van der Waals surface area contributed by atoms with Crippen molar-refractivity contribution in [2.45, 2.75) is 39.0 Å². The average Bonchev–Trinajstić information content (AvgIpc) is 3.51. The summed E-state index contributed by atoms with van der Waals surface area (Å²) in [7, 11) is 1.65. The minimum atomic E-state index is -0.679. The first-order valence-corrected chi connectivity index (χ1v) is 11.4. The Kier molecular flexibility index (Phi) is 5.13. The standard InChI is InChI=1S/C29H27N3O/c1-5-20-12-22-9-10-24(14-26(22)32-28(20)33-4)29(3,17-30)15-19-7-6-8-21(11-19)23-13-25-18(2)27(25)31-16-23/h6-14,16,25H,5,15H2,1-4H3. The molecule has 0 spiro atoms. The summed E-state index contributed by atoms with van der Waals surface area (Å²) >= 11 is 0. The predicted molar refractivity (Wildman–Crippen MR) is 133 cm³/mol. The van der Waals surface area contributed by atoms with Crippen LogP contribution in [0.2, 0.25) is 0 Å². The molecule has 0 saturated heterocycles. The molecule has 5 rings (SSSR count). The summed E-state index contributed by atoms with van der Waals surface area (Å²) in [6.07, 6.45) is 5.72. The molecular weight excluding hydrogens is 406 g/mol. The van der Waals surface area contributed by atoms with Crippen molar-refractivity contribution in [1.82, 2.24) is 4.98 Å². The molecule has 2 aromatic carbocycles. The van der Waals surface area contributed by atoms with Gasteiger partial charge in [0.05, 0.1) is 29.8 Å². The van der Waals surface area contributed by atoms with E-state index in [0.29, 0.717) is 18.2 Å². The Balaban J connectivity index is 1.46. The molecule has 2 aliphatic rings. The number of nitriles is 1. The van der Waals surface area contributed by atoms with Crippen LogP contribution in [0.3, 0.4) is 0 Å². The molecule has 164 valence electrons. The summed E-state index contributed by atoms with van der Waals surface area (Å²) in [6.45, 7) is 6.24. The van der Waals surface area contributed by atoms with Gasteiger partial charge in [0.2, 0.25) is 5.88 Å². The van der Waals surface area contributed by atoms with Crippen LogP contribution in [0.25, 0.3) is 16.5 Å². The number of dihydropyridines is 1. The van der Waals surface area contributed by atoms with E-state index in [1.54, 1.807) is 7.11 Å². The molecule has 2 heterocycles. The fourth-order valence-corrected chi connectivity index (χ4v) is 4.70. The molecule has 0 saturated carbocycles. The van der Waals surface area contributed by atoms with Gasteiger partial charge in [-0.1, -0.05) is 49.4 Å². The van der Waals surface area contributed by atoms with Crippen molar-refractivity contribution in [1.29, 1.82) is 5.26 Å². The molecule has 0 radical (unpaired) electrons. The van der Waals surface area contributed by atoms with Gasteiger partial charge in [-0.15, -0.1) is 0 Å². The first-order valence-electron chi connectivity index (χ1n) is 11.4. The summed E-state index contributed by atoms with van der Waals surface area (Å²) in [6, 6.07) is 19.3. The number of pyridine rings is 1. The van der Waals surface area contributed by atoms with Crippen molar-refractivity contribution >= 4 is 22.7 Å². The van der Waals surface area contributed by atoms with E-state index >= 15 is 0 Å². The van der Waals surface area contributed by atoms with Gasteiger partial charge in [-0.25, -0.2) is 4.98 Å². The number of aryl methyl sites for hydroxylation is 1. The lowest BCUT2D eigenvalue weighted by Gasteiger charge is -2.23. The minimum Gasteiger partial charge on any atom is -0.481 e. The zero-order valence-electron chi connectivity index (χ0n) is 19.5. The van der Waals surface area contributed by atoms with Crippen LogP contribution in [0, 0.1) is 17.2 Å². The van der Waals surface area contributed by atoms with Crippen LogP contribution in [0.4, 0.5) is 0 Å². The highest BCUT2D eigenvalue weighted by molar-refractivity contribution is 6.12. The number of nitrogens with zero attached hydrogens (tertiary/aromatic N) is 3. The van der Waals surface area contributed by atoms with Crippen molar-refractivity contribution in [2.75, 3.05) is 7.11 Å². The minimum absolute atomic E-state index is 0.411. The van der Waals surface area contributed by atoms with Gasteiger partial charge in [-0.05, 0) is 66.7 Å². The Labute approximate surface area is 195 Å². The third-order valence-corrected chi connectivity index (χ3v) is 6.90. The van der Waals surface area contributed by atoms with E-state index in [-0.39, 0.29) is 0 Å². The Morgan fingerprint density at radius 3 is 2.73 bits per heavy atom. The monoisotopic (exact) mass is 433 g/mol. The van der Waals surface area contributed by atoms with Gasteiger partial charge in [0.1, 0.15) is 0 Å². The van der Waals surface area contributed by atoms with Crippen LogP contribution in [-0.4, -0.2) is 18.3 Å². The normalized spacial score (nSPS) is 18.4.